The highest BCUT2D eigenvalue weighted by Gasteiger charge is 2.14. The molecule has 3 rings (SSSR count). The van der Waals surface area contributed by atoms with E-state index in [0.717, 1.165) is 10.9 Å². The molecule has 0 atom stereocenters. The van der Waals surface area contributed by atoms with Crippen molar-refractivity contribution < 1.29 is 19.4 Å². The second-order valence-corrected chi connectivity index (χ2v) is 4.78. The number of aromatic nitrogens is 2. The maximum Gasteiger partial charge on any atom is 0.341 e. The molecule has 23 heavy (non-hydrogen) atoms. The van der Waals surface area contributed by atoms with E-state index in [-0.39, 0.29) is 11.6 Å². The first-order valence-corrected chi connectivity index (χ1v) is 6.82. The van der Waals surface area contributed by atoms with E-state index >= 15 is 0 Å². The van der Waals surface area contributed by atoms with Crippen LogP contribution in [0.5, 0.6) is 5.75 Å². The van der Waals surface area contributed by atoms with Gasteiger partial charge in [-0.05, 0) is 18.2 Å². The first-order chi connectivity index (χ1) is 11.1. The highest BCUT2D eigenvalue weighted by molar-refractivity contribution is 6.11. The van der Waals surface area contributed by atoms with Crippen LogP contribution in [0, 0.1) is 0 Å². The Morgan fingerprint density at radius 3 is 2.83 bits per heavy atom. The average Bonchev–Trinajstić information content (AvgIpc) is 2.97. The van der Waals surface area contributed by atoms with Gasteiger partial charge in [-0.3, -0.25) is 9.89 Å². The molecule has 0 aliphatic heterocycles. The predicted molar refractivity (Wildman–Crippen MR) is 83.6 cm³/mol. The number of carbonyl (C=O) groups is 2. The Kier molecular flexibility index (Phi) is 3.92. The number of amides is 1. The topological polar surface area (TPSA) is 104 Å². The van der Waals surface area contributed by atoms with E-state index in [2.05, 4.69) is 15.5 Å². The van der Waals surface area contributed by atoms with Crippen molar-refractivity contribution in [2.45, 2.75) is 0 Å². The van der Waals surface area contributed by atoms with Crippen molar-refractivity contribution >= 4 is 28.5 Å². The summed E-state index contributed by atoms with van der Waals surface area (Å²) in [4.78, 5) is 22.8. The third kappa shape index (κ3) is 3.29. The monoisotopic (exact) mass is 311 g/mol. The summed E-state index contributed by atoms with van der Waals surface area (Å²) in [6, 6.07) is 13.8. The Balaban J connectivity index is 1.77. The Labute approximate surface area is 130 Å². The Hall–Kier alpha value is -3.35. The number of nitrogens with one attached hydrogen (secondary N) is 2. The van der Waals surface area contributed by atoms with Gasteiger partial charge in [0.1, 0.15) is 5.75 Å². The van der Waals surface area contributed by atoms with Crippen LogP contribution in [0.3, 0.4) is 0 Å². The number of carboxylic acids is 1. The Bertz CT molecular complexity index is 872. The van der Waals surface area contributed by atoms with Gasteiger partial charge in [-0.25, -0.2) is 4.79 Å². The van der Waals surface area contributed by atoms with E-state index in [1.165, 1.54) is 0 Å². The molecule has 3 N–H and O–H groups in total. The van der Waals surface area contributed by atoms with Crippen molar-refractivity contribution in [3.05, 3.63) is 54.2 Å². The average molecular weight is 311 g/mol. The summed E-state index contributed by atoms with van der Waals surface area (Å²) in [7, 11) is 0. The number of para-hydroxylation sites is 1. The summed E-state index contributed by atoms with van der Waals surface area (Å²) >= 11 is 0. The molecule has 2 aromatic carbocycles. The van der Waals surface area contributed by atoms with Crippen molar-refractivity contribution in [3.63, 3.8) is 0 Å². The molecule has 116 valence electrons. The van der Waals surface area contributed by atoms with Gasteiger partial charge in [0.2, 0.25) is 0 Å². The number of rotatable bonds is 5. The van der Waals surface area contributed by atoms with Gasteiger partial charge in [0.25, 0.3) is 5.91 Å². The van der Waals surface area contributed by atoms with Crippen LogP contribution in [-0.2, 0) is 4.79 Å². The summed E-state index contributed by atoms with van der Waals surface area (Å²) in [6.07, 6.45) is 0. The first-order valence-electron chi connectivity index (χ1n) is 6.82. The van der Waals surface area contributed by atoms with Gasteiger partial charge in [0.15, 0.2) is 12.3 Å². The third-order valence-corrected chi connectivity index (χ3v) is 3.14. The van der Waals surface area contributed by atoms with Gasteiger partial charge < -0.3 is 15.2 Å². The van der Waals surface area contributed by atoms with Crippen molar-refractivity contribution in [3.8, 4) is 5.75 Å². The van der Waals surface area contributed by atoms with Crippen LogP contribution in [0.25, 0.3) is 10.9 Å². The number of anilines is 1. The largest absolute Gasteiger partial charge is 0.482 e. The van der Waals surface area contributed by atoms with Gasteiger partial charge in [-0.15, -0.1) is 0 Å². The SMILES string of the molecule is O=C(O)COc1cccc(NC(=O)c2n[nH]c3ccccc23)c1. The molecule has 0 bridgehead atoms. The molecule has 0 unspecified atom stereocenters. The summed E-state index contributed by atoms with van der Waals surface area (Å²) in [5.74, 6) is -1.07. The molecule has 0 radical (unpaired) electrons. The van der Waals surface area contributed by atoms with Gasteiger partial charge in [-0.1, -0.05) is 24.3 Å². The molecule has 1 heterocycles. The van der Waals surface area contributed by atoms with Gasteiger partial charge in [-0.2, -0.15) is 5.10 Å². The predicted octanol–water partition coefficient (Wildman–Crippen LogP) is 2.28. The zero-order chi connectivity index (χ0) is 16.2. The number of ether oxygens (including phenoxy) is 1. The van der Waals surface area contributed by atoms with Crippen LogP contribution in [0.4, 0.5) is 5.69 Å². The number of carboxylic acid groups (broad SMARTS) is 1. The highest BCUT2D eigenvalue weighted by Crippen LogP contribution is 2.20. The molecule has 0 aliphatic carbocycles. The van der Waals surface area contributed by atoms with Gasteiger partial charge in [0, 0.05) is 17.1 Å². The fraction of sp³-hybridized carbons (Fsp3) is 0.0625. The van der Waals surface area contributed by atoms with E-state index in [4.69, 9.17) is 9.84 Å². The van der Waals surface area contributed by atoms with Gasteiger partial charge in [0.05, 0.1) is 5.52 Å². The summed E-state index contributed by atoms with van der Waals surface area (Å²) in [5, 5.41) is 18.9. The van der Waals surface area contributed by atoms with Crippen LogP contribution in [0.15, 0.2) is 48.5 Å². The number of benzene rings is 2. The number of aliphatic carboxylic acids is 1. The smallest absolute Gasteiger partial charge is 0.341 e. The number of H-pyrrole nitrogens is 1. The number of aromatic amines is 1. The molecular formula is C16H13N3O4. The lowest BCUT2D eigenvalue weighted by molar-refractivity contribution is -0.139. The van der Waals surface area contributed by atoms with Crippen molar-refractivity contribution in [2.75, 3.05) is 11.9 Å². The molecule has 0 saturated heterocycles. The molecule has 0 saturated carbocycles. The molecule has 0 spiro atoms. The van der Waals surface area contributed by atoms with Gasteiger partial charge >= 0.3 is 5.97 Å². The number of hydrogen-bond acceptors (Lipinski definition) is 4. The zero-order valence-corrected chi connectivity index (χ0v) is 11.9. The van der Waals surface area contributed by atoms with Crippen molar-refractivity contribution in [1.29, 1.82) is 0 Å². The highest BCUT2D eigenvalue weighted by atomic mass is 16.5. The van der Waals surface area contributed by atoms with E-state index in [9.17, 15) is 9.59 Å². The second kappa shape index (κ2) is 6.18. The third-order valence-electron chi connectivity index (χ3n) is 3.14. The lowest BCUT2D eigenvalue weighted by Crippen LogP contribution is -2.13. The van der Waals surface area contributed by atoms with E-state index in [1.54, 1.807) is 30.3 Å². The van der Waals surface area contributed by atoms with E-state index in [0.29, 0.717) is 11.4 Å². The second-order valence-electron chi connectivity index (χ2n) is 4.78. The van der Waals surface area contributed by atoms with Crippen LogP contribution < -0.4 is 10.1 Å². The van der Waals surface area contributed by atoms with E-state index in [1.807, 2.05) is 18.2 Å². The van der Waals surface area contributed by atoms with Crippen LogP contribution in [-0.4, -0.2) is 33.8 Å². The lowest BCUT2D eigenvalue weighted by Gasteiger charge is -2.07. The fourth-order valence-electron chi connectivity index (χ4n) is 2.14. The Morgan fingerprint density at radius 2 is 2.00 bits per heavy atom. The fourth-order valence-corrected chi connectivity index (χ4v) is 2.14. The number of carbonyl (C=O) groups excluding carboxylic acids is 1. The molecule has 0 fully saturated rings. The molecule has 7 heteroatoms. The quantitative estimate of drug-likeness (QED) is 0.670. The minimum absolute atomic E-state index is 0.289. The lowest BCUT2D eigenvalue weighted by atomic mass is 10.2. The van der Waals surface area contributed by atoms with Crippen molar-refractivity contribution in [1.82, 2.24) is 10.2 Å². The molecule has 1 amide bonds. The van der Waals surface area contributed by atoms with Crippen LogP contribution in [0.1, 0.15) is 10.5 Å². The summed E-state index contributed by atoms with van der Waals surface area (Å²) in [5.41, 5.74) is 1.55. The maximum atomic E-state index is 12.3. The normalized spacial score (nSPS) is 10.4. The molecule has 0 aliphatic rings. The van der Waals surface area contributed by atoms with Crippen LogP contribution in [0.2, 0.25) is 0 Å². The van der Waals surface area contributed by atoms with E-state index < -0.39 is 12.6 Å². The standard InChI is InChI=1S/C16H13N3O4/c20-14(21)9-23-11-5-3-4-10(8-11)17-16(22)15-12-6-1-2-7-13(12)18-19-15/h1-8H,9H2,(H,17,22)(H,18,19)(H,20,21). The molecular weight excluding hydrogens is 298 g/mol. The number of hydrogen-bond donors (Lipinski definition) is 3. The number of fused-ring (bicyclic) bond motifs is 1. The summed E-state index contributed by atoms with van der Waals surface area (Å²) in [6.45, 7) is -0.443. The van der Waals surface area contributed by atoms with Crippen molar-refractivity contribution in [2.24, 2.45) is 0 Å². The van der Waals surface area contributed by atoms with Crippen LogP contribution >= 0.6 is 0 Å². The number of nitrogens with zero attached hydrogens (tertiary/aromatic N) is 1. The maximum absolute atomic E-state index is 12.3. The molecule has 1 aromatic heterocycles. The summed E-state index contributed by atoms with van der Waals surface area (Å²) < 4.78 is 5.08. The minimum Gasteiger partial charge on any atom is -0.482 e. The minimum atomic E-state index is -1.07. The molecule has 7 nitrogen and oxygen atoms in total. The molecule has 3 aromatic rings. The first kappa shape index (κ1) is 14.6. The zero-order valence-electron chi connectivity index (χ0n) is 11.9. The Morgan fingerprint density at radius 1 is 1.17 bits per heavy atom.